The Morgan fingerprint density at radius 3 is 1.79 bits per heavy atom. The smallest absolute Gasteiger partial charge is 0.435 e. The van der Waals surface area contributed by atoms with Gasteiger partial charge in [-0.1, -0.05) is 0 Å². The van der Waals surface area contributed by atoms with Crippen LogP contribution in [0.15, 0.2) is 0 Å². The first kappa shape index (κ1) is 19.1. The molecule has 0 amide bonds. The van der Waals surface area contributed by atoms with Crippen molar-refractivity contribution in [2.45, 2.75) is 59.1 Å². The van der Waals surface area contributed by atoms with E-state index in [0.29, 0.717) is 11.6 Å². The van der Waals surface area contributed by atoms with Crippen molar-refractivity contribution in [1.82, 2.24) is 0 Å². The van der Waals surface area contributed by atoms with Crippen LogP contribution in [0.4, 0.5) is 12.9 Å². The minimum absolute atomic E-state index is 0.325. The lowest BCUT2D eigenvalue weighted by Crippen LogP contribution is -2.59. The van der Waals surface area contributed by atoms with E-state index in [4.69, 9.17) is 4.74 Å². The molecule has 0 unspecified atom stereocenters. The zero-order valence-corrected chi connectivity index (χ0v) is 13.3. The lowest BCUT2D eigenvalue weighted by molar-refractivity contribution is -0.977. The molecule has 116 valence electrons. The minimum atomic E-state index is -5.03. The Kier molecular flexibility index (Phi) is 7.21. The zero-order chi connectivity index (χ0) is 15.3. The van der Waals surface area contributed by atoms with Crippen molar-refractivity contribution in [3.05, 3.63) is 0 Å². The summed E-state index contributed by atoms with van der Waals surface area (Å²) in [5.41, 5.74) is 0.325. The number of likely N-dealkylation sites (tertiary alicyclic amines) is 1. The van der Waals surface area contributed by atoms with Crippen LogP contribution in [0.25, 0.3) is 0 Å². The van der Waals surface area contributed by atoms with Crippen LogP contribution in [0.2, 0.25) is 0 Å². The van der Waals surface area contributed by atoms with Crippen LogP contribution >= 0.6 is 11.5 Å². The molecule has 19 heavy (non-hydrogen) atoms. The molecular weight excluding hydrogens is 277 g/mol. The van der Waals surface area contributed by atoms with Crippen LogP contribution in [0.1, 0.15) is 47.5 Å². The number of rotatable bonds is 3. The number of nitrogens with zero attached hydrogens (tertiary/aromatic N) is 1. The Hall–Kier alpha value is 0.0649. The molecule has 0 aromatic carbocycles. The van der Waals surface area contributed by atoms with E-state index in [1.807, 2.05) is 0 Å². The van der Waals surface area contributed by atoms with Crippen LogP contribution in [0.3, 0.4) is 0 Å². The van der Waals surface area contributed by atoms with E-state index in [1.165, 1.54) is 25.9 Å². The average Bonchev–Trinajstić information content (AvgIpc) is 2.60. The second-order valence-electron chi connectivity index (χ2n) is 6.31. The van der Waals surface area contributed by atoms with Gasteiger partial charge in [0.15, 0.2) is 6.73 Å². The van der Waals surface area contributed by atoms with Gasteiger partial charge in [0.1, 0.15) is 0 Å². The van der Waals surface area contributed by atoms with Gasteiger partial charge in [-0.2, -0.15) is 0 Å². The fourth-order valence-electron chi connectivity index (χ4n) is 2.23. The second-order valence-corrected chi connectivity index (χ2v) is 6.80. The summed E-state index contributed by atoms with van der Waals surface area (Å²) in [4.78, 5) is 0. The summed E-state index contributed by atoms with van der Waals surface area (Å²) in [6.07, 6.45) is -1.95. The maximum Gasteiger partial charge on any atom is 0.576 e. The fourth-order valence-corrected chi connectivity index (χ4v) is 2.23. The molecule has 2 nitrogen and oxygen atoms in total. The lowest BCUT2D eigenvalue weighted by atomic mass is 10.0. The van der Waals surface area contributed by atoms with Crippen LogP contribution in [0.5, 0.6) is 0 Å². The molecule has 0 aromatic heterocycles. The first-order valence-corrected chi connectivity index (χ1v) is 7.16. The van der Waals surface area contributed by atoms with E-state index < -0.39 is 6.39 Å². The maximum absolute atomic E-state index is 10.2. The maximum atomic E-state index is 10.2. The first-order valence-electron chi connectivity index (χ1n) is 6.72. The Morgan fingerprint density at radius 2 is 1.53 bits per heavy atom. The summed E-state index contributed by atoms with van der Waals surface area (Å²) in [5, 5.41) is 0. The zero-order valence-electron chi connectivity index (χ0n) is 12.6. The Bertz CT molecular complexity index is 255. The molecule has 0 aliphatic carbocycles. The monoisotopic (exact) mass is 303 g/mol. The Balaban J connectivity index is 0.000000555. The highest BCUT2D eigenvalue weighted by molar-refractivity contribution is 7.08. The highest BCUT2D eigenvalue weighted by Gasteiger charge is 2.42. The van der Waals surface area contributed by atoms with Crippen molar-refractivity contribution in [3.63, 3.8) is 0 Å². The van der Waals surface area contributed by atoms with Gasteiger partial charge in [-0.15, -0.1) is 0 Å². The first-order chi connectivity index (χ1) is 8.37. The Morgan fingerprint density at radius 1 is 1.16 bits per heavy atom. The van der Waals surface area contributed by atoms with Crippen molar-refractivity contribution in [1.29, 1.82) is 0 Å². The SMILES string of the molecule is CC(C)OC[N+]1(C(C)(C)C)CCCC1.F[B-](F)(F)Cl. The third kappa shape index (κ3) is 8.05. The lowest BCUT2D eigenvalue weighted by Gasteiger charge is -2.45. The number of quaternary nitrogens is 1. The van der Waals surface area contributed by atoms with Gasteiger partial charge in [0.2, 0.25) is 0 Å². The molecule has 0 radical (unpaired) electrons. The highest BCUT2D eigenvalue weighted by atomic mass is 35.5. The summed E-state index contributed by atoms with van der Waals surface area (Å²) in [5.74, 6) is 0. The molecule has 7 heteroatoms. The van der Waals surface area contributed by atoms with Crippen molar-refractivity contribution in [3.8, 4) is 0 Å². The molecule has 1 saturated heterocycles. The summed E-state index contributed by atoms with van der Waals surface area (Å²) in [7, 11) is 0. The van der Waals surface area contributed by atoms with Crippen molar-refractivity contribution >= 4 is 17.9 Å². The van der Waals surface area contributed by atoms with Gasteiger partial charge < -0.3 is 17.7 Å². The molecule has 0 aromatic rings. The molecule has 0 saturated carbocycles. The molecule has 1 aliphatic rings. The van der Waals surface area contributed by atoms with Gasteiger partial charge in [0.25, 0.3) is 0 Å². The summed E-state index contributed by atoms with van der Waals surface area (Å²) in [6, 6.07) is 0. The molecule has 1 rings (SSSR count). The molecule has 1 aliphatic heterocycles. The Labute approximate surface area is 119 Å². The van der Waals surface area contributed by atoms with Crippen LogP contribution in [-0.4, -0.2) is 42.3 Å². The average molecular weight is 304 g/mol. The third-order valence-corrected chi connectivity index (χ3v) is 3.50. The van der Waals surface area contributed by atoms with E-state index in [2.05, 4.69) is 46.1 Å². The van der Waals surface area contributed by atoms with Gasteiger partial charge in [-0.25, -0.2) is 0 Å². The summed E-state index contributed by atoms with van der Waals surface area (Å²) >= 11 is 3.59. The number of hydrogen-bond acceptors (Lipinski definition) is 1. The second kappa shape index (κ2) is 7.18. The molecule has 0 spiro atoms. The number of hydrogen-bond donors (Lipinski definition) is 0. The van der Waals surface area contributed by atoms with Gasteiger partial charge in [-0.3, -0.25) is 15.9 Å². The molecule has 1 fully saturated rings. The summed E-state index contributed by atoms with van der Waals surface area (Å²) < 4.78 is 37.5. The molecule has 0 atom stereocenters. The van der Waals surface area contributed by atoms with Crippen LogP contribution in [0, 0.1) is 0 Å². The fraction of sp³-hybridized carbons (Fsp3) is 1.00. The molecule has 0 bridgehead atoms. The molecular formula is C12H26BClF3NO. The third-order valence-electron chi connectivity index (χ3n) is 3.50. The predicted molar refractivity (Wildman–Crippen MR) is 75.0 cm³/mol. The van der Waals surface area contributed by atoms with E-state index in [-0.39, 0.29) is 0 Å². The van der Waals surface area contributed by atoms with E-state index in [9.17, 15) is 12.9 Å². The standard InChI is InChI=1S/C12H26NO.BClF3/c1-11(2)14-10-13(12(3,4)5)8-6-7-9-13;2-1(3,4)5/h11H,6-10H2,1-5H3;/q+1;-1. The number of halogens is 4. The summed E-state index contributed by atoms with van der Waals surface area (Å²) in [6.45, 7) is 14.7. The van der Waals surface area contributed by atoms with Crippen molar-refractivity contribution < 1.29 is 22.2 Å². The normalized spacial score (nSPS) is 19.3. The van der Waals surface area contributed by atoms with Gasteiger partial charge >= 0.3 is 6.39 Å². The van der Waals surface area contributed by atoms with Crippen molar-refractivity contribution in [2.24, 2.45) is 0 Å². The topological polar surface area (TPSA) is 9.23 Å². The van der Waals surface area contributed by atoms with Crippen molar-refractivity contribution in [2.75, 3.05) is 19.8 Å². The molecule has 0 N–H and O–H groups in total. The van der Waals surface area contributed by atoms with Gasteiger partial charge in [-0.05, 0) is 34.6 Å². The van der Waals surface area contributed by atoms with Crippen LogP contribution in [-0.2, 0) is 4.74 Å². The van der Waals surface area contributed by atoms with E-state index >= 15 is 0 Å². The number of ether oxygens (including phenoxy) is 1. The predicted octanol–water partition coefficient (Wildman–Crippen LogP) is 4.35. The molecule has 1 heterocycles. The van der Waals surface area contributed by atoms with Crippen LogP contribution < -0.4 is 0 Å². The van der Waals surface area contributed by atoms with E-state index in [1.54, 1.807) is 0 Å². The van der Waals surface area contributed by atoms with Gasteiger partial charge in [0.05, 0.1) is 24.7 Å². The minimum Gasteiger partial charge on any atom is -0.435 e. The quantitative estimate of drug-likeness (QED) is 0.556. The van der Waals surface area contributed by atoms with Gasteiger partial charge in [0, 0.05) is 12.8 Å². The van der Waals surface area contributed by atoms with E-state index in [0.717, 1.165) is 11.2 Å². The largest absolute Gasteiger partial charge is 0.576 e. The highest BCUT2D eigenvalue weighted by Crippen LogP contribution is 2.31.